The second-order valence-corrected chi connectivity index (χ2v) is 6.80. The van der Waals surface area contributed by atoms with Gasteiger partial charge in [0.2, 0.25) is 11.0 Å². The lowest BCUT2D eigenvalue weighted by molar-refractivity contribution is -0.121. The van der Waals surface area contributed by atoms with Crippen LogP contribution in [-0.4, -0.2) is 27.9 Å². The van der Waals surface area contributed by atoms with E-state index in [4.69, 9.17) is 0 Å². The zero-order valence-electron chi connectivity index (χ0n) is 11.8. The molecule has 6 heteroatoms. The molecule has 0 saturated heterocycles. The molecule has 0 bridgehead atoms. The molecule has 0 unspecified atom stereocenters. The predicted molar refractivity (Wildman–Crippen MR) is 77.5 cm³/mol. The van der Waals surface area contributed by atoms with Gasteiger partial charge in [-0.2, -0.15) is 4.37 Å². The lowest BCUT2D eigenvalue weighted by Gasteiger charge is -2.12. The predicted octanol–water partition coefficient (Wildman–Crippen LogP) is 2.31. The second kappa shape index (κ2) is 5.86. The van der Waals surface area contributed by atoms with Crippen molar-refractivity contribution >= 4 is 22.6 Å². The number of carbonyl (C=O) groups is 1. The molecule has 19 heavy (non-hydrogen) atoms. The summed E-state index contributed by atoms with van der Waals surface area (Å²) in [6, 6.07) is 0.456. The summed E-state index contributed by atoms with van der Waals surface area (Å²) in [5.41, 5.74) is -0.0133. The normalized spacial score (nSPS) is 15.3. The third-order valence-electron chi connectivity index (χ3n) is 2.90. The summed E-state index contributed by atoms with van der Waals surface area (Å²) in [5.74, 6) is 1.03. The van der Waals surface area contributed by atoms with Gasteiger partial charge in [-0.05, 0) is 19.3 Å². The SMILES string of the molecule is CC(C)(C)c1nsc(NCCCC(=O)NC2CC2)n1. The van der Waals surface area contributed by atoms with Crippen LogP contribution in [0.5, 0.6) is 0 Å². The van der Waals surface area contributed by atoms with Crippen LogP contribution < -0.4 is 10.6 Å². The number of anilines is 1. The maximum Gasteiger partial charge on any atom is 0.220 e. The molecule has 0 aromatic carbocycles. The average molecular weight is 282 g/mol. The number of rotatable bonds is 6. The fourth-order valence-electron chi connectivity index (χ4n) is 1.57. The van der Waals surface area contributed by atoms with Crippen LogP contribution in [0.15, 0.2) is 0 Å². The summed E-state index contributed by atoms with van der Waals surface area (Å²) in [4.78, 5) is 15.9. The van der Waals surface area contributed by atoms with Gasteiger partial charge in [-0.25, -0.2) is 4.98 Å². The number of carbonyl (C=O) groups excluding carboxylic acids is 1. The van der Waals surface area contributed by atoms with Gasteiger partial charge in [0.05, 0.1) is 0 Å². The molecule has 1 aliphatic rings. The molecule has 1 fully saturated rings. The van der Waals surface area contributed by atoms with E-state index in [-0.39, 0.29) is 11.3 Å². The van der Waals surface area contributed by atoms with E-state index in [1.165, 1.54) is 11.5 Å². The number of nitrogens with one attached hydrogen (secondary N) is 2. The molecule has 1 saturated carbocycles. The average Bonchev–Trinajstić information content (AvgIpc) is 2.98. The molecular formula is C13H22N4OS. The second-order valence-electron chi connectivity index (χ2n) is 6.05. The molecule has 106 valence electrons. The van der Waals surface area contributed by atoms with E-state index in [0.29, 0.717) is 12.5 Å². The monoisotopic (exact) mass is 282 g/mol. The molecule has 5 nitrogen and oxygen atoms in total. The van der Waals surface area contributed by atoms with Crippen molar-refractivity contribution in [3.05, 3.63) is 5.82 Å². The summed E-state index contributed by atoms with van der Waals surface area (Å²) < 4.78 is 4.34. The largest absolute Gasteiger partial charge is 0.360 e. The van der Waals surface area contributed by atoms with Crippen LogP contribution in [-0.2, 0) is 10.2 Å². The van der Waals surface area contributed by atoms with E-state index in [0.717, 1.165) is 36.8 Å². The van der Waals surface area contributed by atoms with Crippen molar-refractivity contribution in [3.8, 4) is 0 Å². The zero-order valence-corrected chi connectivity index (χ0v) is 12.6. The lowest BCUT2D eigenvalue weighted by atomic mass is 9.96. The fourth-order valence-corrected chi connectivity index (χ4v) is 2.35. The van der Waals surface area contributed by atoms with Gasteiger partial charge < -0.3 is 10.6 Å². The highest BCUT2D eigenvalue weighted by Gasteiger charge is 2.22. The van der Waals surface area contributed by atoms with Crippen LogP contribution in [0, 0.1) is 0 Å². The van der Waals surface area contributed by atoms with Crippen molar-refractivity contribution in [3.63, 3.8) is 0 Å². The fraction of sp³-hybridized carbons (Fsp3) is 0.769. The van der Waals surface area contributed by atoms with Crippen molar-refractivity contribution in [2.24, 2.45) is 0 Å². The maximum absolute atomic E-state index is 11.5. The topological polar surface area (TPSA) is 66.9 Å². The molecule has 0 atom stereocenters. The number of nitrogens with zero attached hydrogens (tertiary/aromatic N) is 2. The Morgan fingerprint density at radius 3 is 2.74 bits per heavy atom. The Kier molecular flexibility index (Phi) is 4.39. The minimum Gasteiger partial charge on any atom is -0.360 e. The van der Waals surface area contributed by atoms with Crippen molar-refractivity contribution in [1.82, 2.24) is 14.7 Å². The molecule has 0 aliphatic heterocycles. The molecule has 1 aliphatic carbocycles. The van der Waals surface area contributed by atoms with Crippen molar-refractivity contribution in [2.75, 3.05) is 11.9 Å². The van der Waals surface area contributed by atoms with Gasteiger partial charge >= 0.3 is 0 Å². The van der Waals surface area contributed by atoms with E-state index in [1.54, 1.807) is 0 Å². The molecule has 0 spiro atoms. The Morgan fingerprint density at radius 1 is 1.42 bits per heavy atom. The van der Waals surface area contributed by atoms with Gasteiger partial charge in [0, 0.05) is 36.0 Å². The van der Waals surface area contributed by atoms with E-state index in [9.17, 15) is 4.79 Å². The minimum absolute atomic E-state index is 0.0133. The Labute approximate surface area is 118 Å². The van der Waals surface area contributed by atoms with Crippen LogP contribution in [0.2, 0.25) is 0 Å². The third-order valence-corrected chi connectivity index (χ3v) is 3.57. The smallest absolute Gasteiger partial charge is 0.220 e. The lowest BCUT2D eigenvalue weighted by Crippen LogP contribution is -2.25. The Morgan fingerprint density at radius 2 is 2.16 bits per heavy atom. The van der Waals surface area contributed by atoms with Gasteiger partial charge in [-0.1, -0.05) is 20.8 Å². The first kappa shape index (κ1) is 14.2. The zero-order chi connectivity index (χ0) is 13.9. The van der Waals surface area contributed by atoms with Gasteiger partial charge in [0.25, 0.3) is 0 Å². The number of amides is 1. The van der Waals surface area contributed by atoms with E-state index in [1.807, 2.05) is 0 Å². The first-order chi connectivity index (χ1) is 8.95. The van der Waals surface area contributed by atoms with Crippen molar-refractivity contribution in [1.29, 1.82) is 0 Å². The Balaban J connectivity index is 1.65. The summed E-state index contributed by atoms with van der Waals surface area (Å²) in [5, 5.41) is 7.05. The quantitative estimate of drug-likeness (QED) is 0.786. The summed E-state index contributed by atoms with van der Waals surface area (Å²) in [7, 11) is 0. The molecule has 1 heterocycles. The third kappa shape index (κ3) is 4.78. The van der Waals surface area contributed by atoms with Crippen LogP contribution in [0.4, 0.5) is 5.13 Å². The molecule has 2 N–H and O–H groups in total. The first-order valence-electron chi connectivity index (χ1n) is 6.82. The summed E-state index contributed by atoms with van der Waals surface area (Å²) >= 11 is 1.38. The van der Waals surface area contributed by atoms with Crippen LogP contribution in [0.1, 0.15) is 52.3 Å². The van der Waals surface area contributed by atoms with Crippen LogP contribution in [0.3, 0.4) is 0 Å². The Hall–Kier alpha value is -1.17. The number of hydrogen-bond donors (Lipinski definition) is 2. The molecule has 2 rings (SSSR count). The number of aromatic nitrogens is 2. The molecule has 1 aromatic heterocycles. The summed E-state index contributed by atoms with van der Waals surface area (Å²) in [6.07, 6.45) is 3.69. The highest BCUT2D eigenvalue weighted by atomic mass is 32.1. The van der Waals surface area contributed by atoms with Gasteiger partial charge in [-0.15, -0.1) is 0 Å². The van der Waals surface area contributed by atoms with Gasteiger partial charge in [0.1, 0.15) is 5.82 Å². The minimum atomic E-state index is -0.0133. The first-order valence-corrected chi connectivity index (χ1v) is 7.60. The van der Waals surface area contributed by atoms with Crippen LogP contribution in [0.25, 0.3) is 0 Å². The van der Waals surface area contributed by atoms with Gasteiger partial charge in [-0.3, -0.25) is 4.79 Å². The highest BCUT2D eigenvalue weighted by Crippen LogP contribution is 2.23. The molecular weight excluding hydrogens is 260 g/mol. The van der Waals surface area contributed by atoms with E-state index >= 15 is 0 Å². The maximum atomic E-state index is 11.5. The van der Waals surface area contributed by atoms with Gasteiger partial charge in [0.15, 0.2) is 0 Å². The molecule has 0 radical (unpaired) electrons. The van der Waals surface area contributed by atoms with E-state index < -0.39 is 0 Å². The van der Waals surface area contributed by atoms with Crippen LogP contribution >= 0.6 is 11.5 Å². The summed E-state index contributed by atoms with van der Waals surface area (Å²) in [6.45, 7) is 7.06. The van der Waals surface area contributed by atoms with Crippen molar-refractivity contribution < 1.29 is 4.79 Å². The number of hydrogen-bond acceptors (Lipinski definition) is 5. The van der Waals surface area contributed by atoms with E-state index in [2.05, 4.69) is 40.8 Å². The Bertz CT molecular complexity index is 434. The van der Waals surface area contributed by atoms with Crippen molar-refractivity contribution in [2.45, 2.75) is 57.9 Å². The molecule has 1 aromatic rings. The highest BCUT2D eigenvalue weighted by molar-refractivity contribution is 7.09. The standard InChI is InChI=1S/C13H22N4OS/c1-13(2,3)11-16-12(19-17-11)14-8-4-5-10(18)15-9-6-7-9/h9H,4-8H2,1-3H3,(H,15,18)(H,14,16,17). The molecule has 1 amide bonds.